The molecular formula is C7H6BrFN2O. The van der Waals surface area contributed by atoms with Gasteiger partial charge in [0, 0.05) is 0 Å². The van der Waals surface area contributed by atoms with Crippen LogP contribution in [0.3, 0.4) is 0 Å². The number of aryl methyl sites for hydroxylation is 1. The highest BCUT2D eigenvalue weighted by Gasteiger charge is 2.10. The van der Waals surface area contributed by atoms with Gasteiger partial charge < -0.3 is 5.73 Å². The fourth-order valence-electron chi connectivity index (χ4n) is 0.807. The molecule has 1 aromatic heterocycles. The monoisotopic (exact) mass is 232 g/mol. The number of hydrogen-bond donors (Lipinski definition) is 1. The third kappa shape index (κ3) is 1.61. The van der Waals surface area contributed by atoms with E-state index in [2.05, 4.69) is 20.9 Å². The van der Waals surface area contributed by atoms with Gasteiger partial charge in [0.15, 0.2) is 5.82 Å². The Morgan fingerprint density at radius 3 is 2.83 bits per heavy atom. The molecule has 64 valence electrons. The van der Waals surface area contributed by atoms with Crippen LogP contribution in [0.4, 0.5) is 4.39 Å². The number of aromatic nitrogens is 1. The van der Waals surface area contributed by atoms with E-state index in [9.17, 15) is 9.18 Å². The predicted molar refractivity (Wildman–Crippen MR) is 45.1 cm³/mol. The number of hydrogen-bond acceptors (Lipinski definition) is 2. The van der Waals surface area contributed by atoms with Gasteiger partial charge in [-0.25, -0.2) is 9.37 Å². The van der Waals surface area contributed by atoms with Gasteiger partial charge in [0.25, 0.3) is 5.91 Å². The van der Waals surface area contributed by atoms with Crippen LogP contribution in [0.2, 0.25) is 0 Å². The van der Waals surface area contributed by atoms with Crippen molar-refractivity contribution in [1.29, 1.82) is 0 Å². The lowest BCUT2D eigenvalue weighted by Gasteiger charge is -2.01. The Hall–Kier alpha value is -0.970. The molecule has 0 spiro atoms. The van der Waals surface area contributed by atoms with Crippen LogP contribution in [0.25, 0.3) is 0 Å². The maximum absolute atomic E-state index is 12.8. The predicted octanol–water partition coefficient (Wildman–Crippen LogP) is 1.39. The van der Waals surface area contributed by atoms with Gasteiger partial charge in [-0.3, -0.25) is 4.79 Å². The molecule has 0 saturated heterocycles. The van der Waals surface area contributed by atoms with Crippen molar-refractivity contribution in [3.05, 3.63) is 27.7 Å². The molecule has 0 atom stereocenters. The third-order valence-electron chi connectivity index (χ3n) is 1.36. The molecule has 3 nitrogen and oxygen atoms in total. The Balaban J connectivity index is 3.33. The van der Waals surface area contributed by atoms with E-state index >= 15 is 0 Å². The number of nitrogens with zero attached hydrogens (tertiary/aromatic N) is 1. The Kier molecular flexibility index (Phi) is 2.42. The summed E-state index contributed by atoms with van der Waals surface area (Å²) in [6, 6.07) is 1.21. The van der Waals surface area contributed by atoms with E-state index in [-0.39, 0.29) is 10.3 Å². The number of rotatable bonds is 1. The van der Waals surface area contributed by atoms with Crippen molar-refractivity contribution in [1.82, 2.24) is 4.98 Å². The van der Waals surface area contributed by atoms with Gasteiger partial charge in [0.1, 0.15) is 10.3 Å². The molecule has 2 N–H and O–H groups in total. The first-order valence-electron chi connectivity index (χ1n) is 3.15. The van der Waals surface area contributed by atoms with Gasteiger partial charge >= 0.3 is 0 Å². The van der Waals surface area contributed by atoms with Crippen LogP contribution in [-0.2, 0) is 0 Å². The fraction of sp³-hybridized carbons (Fsp3) is 0.143. The van der Waals surface area contributed by atoms with Crippen LogP contribution in [0.15, 0.2) is 10.7 Å². The normalized spacial score (nSPS) is 9.92. The summed E-state index contributed by atoms with van der Waals surface area (Å²) in [6.45, 7) is 1.57. The number of nitrogens with two attached hydrogens (primary N) is 1. The Morgan fingerprint density at radius 2 is 2.33 bits per heavy atom. The molecule has 0 aliphatic heterocycles. The van der Waals surface area contributed by atoms with Gasteiger partial charge in [-0.05, 0) is 34.5 Å². The molecular weight excluding hydrogens is 227 g/mol. The summed E-state index contributed by atoms with van der Waals surface area (Å²) in [7, 11) is 0. The molecule has 0 radical (unpaired) electrons. The van der Waals surface area contributed by atoms with Crippen LogP contribution in [0.5, 0.6) is 0 Å². The average molecular weight is 233 g/mol. The van der Waals surface area contributed by atoms with Gasteiger partial charge in [-0.1, -0.05) is 0 Å². The molecule has 0 fully saturated rings. The largest absolute Gasteiger partial charge is 0.364 e. The molecule has 1 amide bonds. The second kappa shape index (κ2) is 3.18. The molecule has 1 heterocycles. The van der Waals surface area contributed by atoms with Crippen molar-refractivity contribution in [3.63, 3.8) is 0 Å². The number of carbonyl (C=O) groups is 1. The average Bonchev–Trinajstić information content (AvgIpc) is 1.96. The maximum Gasteiger partial charge on any atom is 0.267 e. The summed E-state index contributed by atoms with van der Waals surface area (Å²) < 4.78 is 12.8. The highest BCUT2D eigenvalue weighted by atomic mass is 79.9. The molecule has 1 rings (SSSR count). The van der Waals surface area contributed by atoms with Crippen molar-refractivity contribution in [2.45, 2.75) is 6.92 Å². The van der Waals surface area contributed by atoms with E-state index in [4.69, 9.17) is 5.73 Å². The second-order valence-electron chi connectivity index (χ2n) is 2.29. The Labute approximate surface area is 76.9 Å². The number of amides is 1. The summed E-state index contributed by atoms with van der Waals surface area (Å²) in [5, 5.41) is 0. The minimum Gasteiger partial charge on any atom is -0.364 e. The van der Waals surface area contributed by atoms with Crippen molar-refractivity contribution in [2.24, 2.45) is 5.73 Å². The van der Waals surface area contributed by atoms with E-state index in [1.54, 1.807) is 6.92 Å². The molecule has 0 aliphatic rings. The van der Waals surface area contributed by atoms with Crippen LogP contribution in [0, 0.1) is 12.7 Å². The maximum atomic E-state index is 12.8. The topological polar surface area (TPSA) is 56.0 Å². The van der Waals surface area contributed by atoms with Gasteiger partial charge in [-0.15, -0.1) is 0 Å². The molecule has 0 unspecified atom stereocenters. The molecule has 5 heteroatoms. The fourth-order valence-corrected chi connectivity index (χ4v) is 1.10. The van der Waals surface area contributed by atoms with E-state index in [1.165, 1.54) is 6.07 Å². The first kappa shape index (κ1) is 9.12. The first-order valence-corrected chi connectivity index (χ1v) is 3.94. The standard InChI is InChI=1S/C7H6BrFN2O/c1-3-2-4(9)6(8)11-5(3)7(10)12/h2H,1H3,(H2,10,12). The zero-order chi connectivity index (χ0) is 9.30. The van der Waals surface area contributed by atoms with E-state index in [0.29, 0.717) is 5.56 Å². The van der Waals surface area contributed by atoms with Crippen LogP contribution >= 0.6 is 15.9 Å². The van der Waals surface area contributed by atoms with Crippen LogP contribution in [0.1, 0.15) is 16.1 Å². The zero-order valence-corrected chi connectivity index (χ0v) is 7.85. The Morgan fingerprint density at radius 1 is 1.75 bits per heavy atom. The summed E-state index contributed by atoms with van der Waals surface area (Å²) >= 11 is 2.85. The SMILES string of the molecule is Cc1cc(F)c(Br)nc1C(N)=O. The first-order chi connectivity index (χ1) is 5.52. The van der Waals surface area contributed by atoms with Crippen molar-refractivity contribution >= 4 is 21.8 Å². The smallest absolute Gasteiger partial charge is 0.267 e. The number of pyridine rings is 1. The van der Waals surface area contributed by atoms with E-state index < -0.39 is 11.7 Å². The molecule has 12 heavy (non-hydrogen) atoms. The van der Waals surface area contributed by atoms with Gasteiger partial charge in [0.2, 0.25) is 0 Å². The molecule has 0 aliphatic carbocycles. The summed E-state index contributed by atoms with van der Waals surface area (Å²) in [6.07, 6.45) is 0. The van der Waals surface area contributed by atoms with Crippen LogP contribution in [-0.4, -0.2) is 10.9 Å². The van der Waals surface area contributed by atoms with E-state index in [1.807, 2.05) is 0 Å². The van der Waals surface area contributed by atoms with Crippen molar-refractivity contribution < 1.29 is 9.18 Å². The minimum atomic E-state index is -0.659. The lowest BCUT2D eigenvalue weighted by Crippen LogP contribution is -2.15. The number of halogens is 2. The second-order valence-corrected chi connectivity index (χ2v) is 3.04. The summed E-state index contributed by atoms with van der Waals surface area (Å²) in [5.74, 6) is -1.16. The number of carbonyl (C=O) groups excluding carboxylic acids is 1. The molecule has 0 aromatic carbocycles. The third-order valence-corrected chi connectivity index (χ3v) is 1.91. The molecule has 1 aromatic rings. The zero-order valence-electron chi connectivity index (χ0n) is 6.27. The van der Waals surface area contributed by atoms with E-state index in [0.717, 1.165) is 0 Å². The Bertz CT molecular complexity index is 340. The highest BCUT2D eigenvalue weighted by molar-refractivity contribution is 9.10. The van der Waals surface area contributed by atoms with Gasteiger partial charge in [0.05, 0.1) is 0 Å². The van der Waals surface area contributed by atoms with Crippen molar-refractivity contribution in [3.8, 4) is 0 Å². The van der Waals surface area contributed by atoms with Gasteiger partial charge in [-0.2, -0.15) is 0 Å². The quantitative estimate of drug-likeness (QED) is 0.745. The molecule has 0 bridgehead atoms. The van der Waals surface area contributed by atoms with Crippen LogP contribution < -0.4 is 5.73 Å². The van der Waals surface area contributed by atoms with Crippen molar-refractivity contribution in [2.75, 3.05) is 0 Å². The molecule has 0 saturated carbocycles. The summed E-state index contributed by atoms with van der Waals surface area (Å²) in [5.41, 5.74) is 5.51. The lowest BCUT2D eigenvalue weighted by molar-refractivity contribution is 0.0994. The number of primary amides is 1. The highest BCUT2D eigenvalue weighted by Crippen LogP contribution is 2.15. The summed E-state index contributed by atoms with van der Waals surface area (Å²) in [4.78, 5) is 14.3. The lowest BCUT2D eigenvalue weighted by atomic mass is 10.2. The minimum absolute atomic E-state index is 0.00176.